The van der Waals surface area contributed by atoms with Gasteiger partial charge in [0.15, 0.2) is 0 Å². The summed E-state index contributed by atoms with van der Waals surface area (Å²) < 4.78 is 2.95. The van der Waals surface area contributed by atoms with Crippen molar-refractivity contribution in [3.05, 3.63) is 28.4 Å². The molecule has 0 aliphatic carbocycles. The summed E-state index contributed by atoms with van der Waals surface area (Å²) in [5, 5.41) is 15.6. The highest BCUT2D eigenvalue weighted by Crippen LogP contribution is 2.23. The summed E-state index contributed by atoms with van der Waals surface area (Å²) in [5.41, 5.74) is 0.603. The molecule has 9 heteroatoms. The lowest BCUT2D eigenvalue weighted by atomic mass is 10.2. The molecule has 2 N–H and O–H groups in total. The molecule has 0 radical (unpaired) electrons. The van der Waals surface area contributed by atoms with E-state index >= 15 is 0 Å². The number of halogens is 3. The van der Waals surface area contributed by atoms with Gasteiger partial charge in [-0.1, -0.05) is 5.10 Å². The number of hydrogen-bond acceptors (Lipinski definition) is 4. The first-order chi connectivity index (χ1) is 8.08. The number of benzene rings is 1. The minimum Gasteiger partial charge on any atom is -0.288 e. The fourth-order valence-electron chi connectivity index (χ4n) is 1.10. The standard InChI is InChI=1S/C8H4I3N5O/c9-3-1-4(6(11)5(10)2-3)7(17)12-8-13-15-16-14-8/h1-2H,(H2,12,13,14,15,16,17). The maximum absolute atomic E-state index is 12.0. The number of rotatable bonds is 2. The minimum atomic E-state index is -0.243. The van der Waals surface area contributed by atoms with Crippen LogP contribution in [-0.2, 0) is 0 Å². The molecule has 88 valence electrons. The van der Waals surface area contributed by atoms with Crippen molar-refractivity contribution in [2.24, 2.45) is 0 Å². The van der Waals surface area contributed by atoms with Crippen LogP contribution in [0, 0.1) is 10.7 Å². The first kappa shape index (κ1) is 13.4. The van der Waals surface area contributed by atoms with E-state index in [1.807, 2.05) is 12.1 Å². The van der Waals surface area contributed by atoms with Crippen LogP contribution in [0.4, 0.5) is 5.95 Å². The summed E-state index contributed by atoms with van der Waals surface area (Å²) in [5.74, 6) is -0.0769. The second-order valence-corrected chi connectivity index (χ2v) is 6.43. The number of amides is 1. The maximum atomic E-state index is 12.0. The lowest BCUT2D eigenvalue weighted by Gasteiger charge is -2.06. The van der Waals surface area contributed by atoms with Gasteiger partial charge in [0.05, 0.1) is 5.56 Å². The van der Waals surface area contributed by atoms with Gasteiger partial charge in [-0.2, -0.15) is 5.21 Å². The first-order valence-corrected chi connectivity index (χ1v) is 7.51. The Balaban J connectivity index is 2.31. The molecule has 1 aromatic heterocycles. The quantitative estimate of drug-likeness (QED) is 0.432. The number of anilines is 1. The molecule has 0 spiro atoms. The van der Waals surface area contributed by atoms with Crippen LogP contribution >= 0.6 is 67.8 Å². The van der Waals surface area contributed by atoms with Crippen molar-refractivity contribution in [1.82, 2.24) is 20.6 Å². The highest BCUT2D eigenvalue weighted by molar-refractivity contribution is 14.1. The number of nitrogens with one attached hydrogen (secondary N) is 2. The Morgan fingerprint density at radius 3 is 2.71 bits per heavy atom. The Hall–Kier alpha value is -0.0500. The van der Waals surface area contributed by atoms with Crippen molar-refractivity contribution in [2.75, 3.05) is 5.32 Å². The Morgan fingerprint density at radius 2 is 2.06 bits per heavy atom. The molecule has 2 rings (SSSR count). The highest BCUT2D eigenvalue weighted by Gasteiger charge is 2.15. The van der Waals surface area contributed by atoms with Gasteiger partial charge in [0.25, 0.3) is 11.9 Å². The zero-order valence-corrected chi connectivity index (χ0v) is 14.5. The van der Waals surface area contributed by atoms with Crippen LogP contribution in [0.25, 0.3) is 0 Å². The van der Waals surface area contributed by atoms with Gasteiger partial charge in [-0.15, -0.1) is 5.10 Å². The third-order valence-corrected chi connectivity index (χ3v) is 5.48. The van der Waals surface area contributed by atoms with E-state index in [4.69, 9.17) is 0 Å². The average molecular weight is 567 g/mol. The zero-order chi connectivity index (χ0) is 12.4. The largest absolute Gasteiger partial charge is 0.288 e. The predicted octanol–water partition coefficient (Wildman–Crippen LogP) is 2.27. The summed E-state index contributed by atoms with van der Waals surface area (Å²) >= 11 is 6.51. The van der Waals surface area contributed by atoms with Gasteiger partial charge < -0.3 is 0 Å². The van der Waals surface area contributed by atoms with Crippen LogP contribution < -0.4 is 5.32 Å². The number of aromatic amines is 1. The lowest BCUT2D eigenvalue weighted by Crippen LogP contribution is -2.15. The molecule has 17 heavy (non-hydrogen) atoms. The summed E-state index contributed by atoms with van der Waals surface area (Å²) in [7, 11) is 0. The number of nitrogens with zero attached hydrogens (tertiary/aromatic N) is 3. The van der Waals surface area contributed by atoms with Crippen LogP contribution in [0.5, 0.6) is 0 Å². The molecule has 0 saturated heterocycles. The first-order valence-electron chi connectivity index (χ1n) is 4.27. The van der Waals surface area contributed by atoms with Crippen LogP contribution in [0.1, 0.15) is 10.4 Å². The summed E-state index contributed by atoms with van der Waals surface area (Å²) in [4.78, 5) is 12.0. The topological polar surface area (TPSA) is 83.6 Å². The molecule has 6 nitrogen and oxygen atoms in total. The van der Waals surface area contributed by atoms with E-state index in [1.54, 1.807) is 0 Å². The summed E-state index contributed by atoms with van der Waals surface area (Å²) in [6, 6.07) is 3.83. The lowest BCUT2D eigenvalue weighted by molar-refractivity contribution is 0.102. The summed E-state index contributed by atoms with van der Waals surface area (Å²) in [6.45, 7) is 0. The van der Waals surface area contributed by atoms with Crippen LogP contribution in [0.2, 0.25) is 0 Å². The Morgan fingerprint density at radius 1 is 1.29 bits per heavy atom. The van der Waals surface area contributed by atoms with Crippen molar-refractivity contribution >= 4 is 79.6 Å². The fourth-order valence-corrected chi connectivity index (χ4v) is 3.51. The van der Waals surface area contributed by atoms with Gasteiger partial charge in [0.1, 0.15) is 0 Å². The molecule has 0 unspecified atom stereocenters. The van der Waals surface area contributed by atoms with E-state index in [1.165, 1.54) is 0 Å². The van der Waals surface area contributed by atoms with Crippen molar-refractivity contribution in [2.45, 2.75) is 0 Å². The molecule has 1 amide bonds. The number of carbonyl (C=O) groups excluding carboxylic acids is 1. The smallest absolute Gasteiger partial charge is 0.270 e. The van der Waals surface area contributed by atoms with Gasteiger partial charge in [-0.25, -0.2) is 0 Å². The fraction of sp³-hybridized carbons (Fsp3) is 0. The Kier molecular flexibility index (Phi) is 4.51. The second kappa shape index (κ2) is 5.73. The molecule has 1 heterocycles. The van der Waals surface area contributed by atoms with E-state index < -0.39 is 0 Å². The van der Waals surface area contributed by atoms with E-state index in [2.05, 4.69) is 93.7 Å². The molecule has 0 aliphatic heterocycles. The maximum Gasteiger partial charge on any atom is 0.270 e. The SMILES string of the molecule is O=C(Nc1nn[nH]n1)c1cc(I)cc(I)c1I. The number of aromatic nitrogens is 4. The zero-order valence-electron chi connectivity index (χ0n) is 8.04. The van der Waals surface area contributed by atoms with Crippen LogP contribution in [0.15, 0.2) is 12.1 Å². The number of carbonyl (C=O) groups is 1. The van der Waals surface area contributed by atoms with E-state index in [9.17, 15) is 4.79 Å². The van der Waals surface area contributed by atoms with E-state index in [-0.39, 0.29) is 11.9 Å². The predicted molar refractivity (Wildman–Crippen MR) is 86.7 cm³/mol. The number of H-pyrrole nitrogens is 1. The molecule has 1 aromatic carbocycles. The number of hydrogen-bond donors (Lipinski definition) is 2. The molecular weight excluding hydrogens is 563 g/mol. The van der Waals surface area contributed by atoms with Crippen molar-refractivity contribution < 1.29 is 4.79 Å². The van der Waals surface area contributed by atoms with Crippen molar-refractivity contribution in [3.63, 3.8) is 0 Å². The second-order valence-electron chi connectivity index (χ2n) is 2.94. The minimum absolute atomic E-state index is 0.166. The average Bonchev–Trinajstić information content (AvgIpc) is 2.76. The third-order valence-electron chi connectivity index (χ3n) is 1.81. The van der Waals surface area contributed by atoms with E-state index in [0.29, 0.717) is 5.56 Å². The van der Waals surface area contributed by atoms with Gasteiger partial charge in [0, 0.05) is 10.7 Å². The molecule has 0 fully saturated rings. The normalized spacial score (nSPS) is 10.3. The summed E-state index contributed by atoms with van der Waals surface area (Å²) in [6.07, 6.45) is 0. The molecule has 2 aromatic rings. The van der Waals surface area contributed by atoms with E-state index in [0.717, 1.165) is 10.7 Å². The molecular formula is C8H4I3N5O. The van der Waals surface area contributed by atoms with Crippen LogP contribution in [0.3, 0.4) is 0 Å². The van der Waals surface area contributed by atoms with Crippen LogP contribution in [-0.4, -0.2) is 26.5 Å². The van der Waals surface area contributed by atoms with Gasteiger partial charge in [0.2, 0.25) is 0 Å². The molecule has 0 saturated carbocycles. The third kappa shape index (κ3) is 3.24. The monoisotopic (exact) mass is 567 g/mol. The number of tetrazole rings is 1. The highest BCUT2D eigenvalue weighted by atomic mass is 127. The van der Waals surface area contributed by atoms with Crippen molar-refractivity contribution in [3.8, 4) is 0 Å². The molecule has 0 aliphatic rings. The van der Waals surface area contributed by atoms with Gasteiger partial charge >= 0.3 is 0 Å². The van der Waals surface area contributed by atoms with Gasteiger partial charge in [-0.3, -0.25) is 10.1 Å². The Labute approximate surface area is 137 Å². The van der Waals surface area contributed by atoms with Gasteiger partial charge in [-0.05, 0) is 85.1 Å². The molecule has 0 bridgehead atoms. The Bertz CT molecular complexity index is 557. The van der Waals surface area contributed by atoms with Crippen molar-refractivity contribution in [1.29, 1.82) is 0 Å². The molecule has 0 atom stereocenters.